The average Bonchev–Trinajstić information content (AvgIpc) is 2.85. The van der Waals surface area contributed by atoms with Gasteiger partial charge in [-0.1, -0.05) is 13.0 Å². The van der Waals surface area contributed by atoms with Gasteiger partial charge in [0, 0.05) is 18.5 Å². The topological polar surface area (TPSA) is 69.6 Å². The van der Waals surface area contributed by atoms with Gasteiger partial charge in [0.2, 0.25) is 0 Å². The molecule has 1 aromatic heterocycles. The van der Waals surface area contributed by atoms with Crippen molar-refractivity contribution in [3.05, 3.63) is 22.4 Å². The van der Waals surface area contributed by atoms with Crippen LogP contribution < -0.4 is 5.32 Å². The summed E-state index contributed by atoms with van der Waals surface area (Å²) in [6.45, 7) is 2.30. The first-order valence-electron chi connectivity index (χ1n) is 5.81. The third-order valence-corrected chi connectivity index (χ3v) is 3.56. The zero-order valence-corrected chi connectivity index (χ0v) is 11.4. The molecular formula is C12H18N2O3S. The van der Waals surface area contributed by atoms with Crippen molar-refractivity contribution in [1.29, 1.82) is 0 Å². The molecule has 0 aromatic carbocycles. The Labute approximate surface area is 110 Å². The van der Waals surface area contributed by atoms with Gasteiger partial charge in [0.25, 0.3) is 0 Å². The predicted octanol–water partition coefficient (Wildman–Crippen LogP) is 1.80. The fourth-order valence-corrected chi connectivity index (χ4v) is 2.13. The Hall–Kier alpha value is -1.56. The van der Waals surface area contributed by atoms with Gasteiger partial charge in [-0.2, -0.15) is 0 Å². The van der Waals surface area contributed by atoms with Crippen LogP contribution in [0.15, 0.2) is 17.5 Å². The molecule has 0 radical (unpaired) electrons. The fourth-order valence-electron chi connectivity index (χ4n) is 1.43. The monoisotopic (exact) mass is 270 g/mol. The van der Waals surface area contributed by atoms with Gasteiger partial charge in [-0.15, -0.1) is 11.3 Å². The number of likely N-dealkylation sites (N-methyl/N-ethyl adjacent to an activating group) is 1. The van der Waals surface area contributed by atoms with E-state index in [-0.39, 0.29) is 6.03 Å². The molecule has 2 N–H and O–H groups in total. The maximum absolute atomic E-state index is 11.7. The summed E-state index contributed by atoms with van der Waals surface area (Å²) in [5.41, 5.74) is 0. The largest absolute Gasteiger partial charge is 0.480 e. The molecule has 0 aliphatic heterocycles. The van der Waals surface area contributed by atoms with Gasteiger partial charge in [-0.05, 0) is 24.3 Å². The lowest BCUT2D eigenvalue weighted by Crippen LogP contribution is -2.46. The number of amides is 2. The third kappa shape index (κ3) is 4.37. The maximum atomic E-state index is 11.7. The molecule has 0 aliphatic rings. The number of hydrogen-bond donors (Lipinski definition) is 2. The molecule has 1 unspecified atom stereocenters. The van der Waals surface area contributed by atoms with Crippen LogP contribution in [-0.4, -0.2) is 41.6 Å². The lowest BCUT2D eigenvalue weighted by molar-refractivity contribution is -0.139. The molecule has 1 aromatic rings. The standard InChI is InChI=1S/C12H18N2O3S/c1-3-10(11(15)16)13-12(17)14(2)7-6-9-5-4-8-18-9/h4-5,8,10H,3,6-7H2,1-2H3,(H,13,17)(H,15,16). The van der Waals surface area contributed by atoms with Gasteiger partial charge in [0.05, 0.1) is 0 Å². The lowest BCUT2D eigenvalue weighted by Gasteiger charge is -2.20. The number of nitrogens with one attached hydrogen (secondary N) is 1. The normalized spacial score (nSPS) is 11.9. The number of carbonyl (C=O) groups excluding carboxylic acids is 1. The van der Waals surface area contributed by atoms with E-state index >= 15 is 0 Å². The SMILES string of the molecule is CCC(NC(=O)N(C)CCc1cccs1)C(=O)O. The first kappa shape index (κ1) is 14.5. The molecule has 0 fully saturated rings. The molecule has 0 spiro atoms. The second-order valence-corrected chi connectivity index (χ2v) is 5.03. The summed E-state index contributed by atoms with van der Waals surface area (Å²) in [4.78, 5) is 25.2. The van der Waals surface area contributed by atoms with E-state index in [2.05, 4.69) is 5.32 Å². The second kappa shape index (κ2) is 7.00. The van der Waals surface area contributed by atoms with Crippen molar-refractivity contribution in [3.63, 3.8) is 0 Å². The third-order valence-electron chi connectivity index (χ3n) is 2.62. The first-order valence-corrected chi connectivity index (χ1v) is 6.69. The molecule has 2 amide bonds. The van der Waals surface area contributed by atoms with Crippen molar-refractivity contribution in [1.82, 2.24) is 10.2 Å². The average molecular weight is 270 g/mol. The minimum absolute atomic E-state index is 0.346. The Morgan fingerprint density at radius 1 is 1.56 bits per heavy atom. The summed E-state index contributed by atoms with van der Waals surface area (Å²) in [7, 11) is 1.66. The van der Waals surface area contributed by atoms with Gasteiger partial charge < -0.3 is 15.3 Å². The molecule has 1 atom stereocenters. The Balaban J connectivity index is 2.38. The van der Waals surface area contributed by atoms with Crippen LogP contribution in [0.5, 0.6) is 0 Å². The van der Waals surface area contributed by atoms with Crippen LogP contribution in [0.1, 0.15) is 18.2 Å². The van der Waals surface area contributed by atoms with E-state index in [9.17, 15) is 9.59 Å². The summed E-state index contributed by atoms with van der Waals surface area (Å²) in [5.74, 6) is -1.00. The first-order chi connectivity index (χ1) is 8.54. The number of aliphatic carboxylic acids is 1. The van der Waals surface area contributed by atoms with E-state index in [4.69, 9.17) is 5.11 Å². The Morgan fingerprint density at radius 2 is 2.28 bits per heavy atom. The van der Waals surface area contributed by atoms with Crippen LogP contribution >= 0.6 is 11.3 Å². The zero-order valence-electron chi connectivity index (χ0n) is 10.5. The van der Waals surface area contributed by atoms with Crippen LogP contribution in [0.2, 0.25) is 0 Å². The van der Waals surface area contributed by atoms with E-state index < -0.39 is 12.0 Å². The highest BCUT2D eigenvalue weighted by Crippen LogP contribution is 2.09. The van der Waals surface area contributed by atoms with E-state index in [1.54, 1.807) is 25.3 Å². The molecule has 0 saturated carbocycles. The van der Waals surface area contributed by atoms with Crippen LogP contribution in [0, 0.1) is 0 Å². The molecule has 1 rings (SSSR count). The van der Waals surface area contributed by atoms with Crippen LogP contribution in [0.4, 0.5) is 4.79 Å². The molecular weight excluding hydrogens is 252 g/mol. The smallest absolute Gasteiger partial charge is 0.326 e. The van der Waals surface area contributed by atoms with E-state index in [1.165, 1.54) is 9.78 Å². The number of urea groups is 1. The summed E-state index contributed by atoms with van der Waals surface area (Å²) in [6.07, 6.45) is 1.16. The Kier molecular flexibility index (Phi) is 5.64. The second-order valence-electron chi connectivity index (χ2n) is 4.00. The highest BCUT2D eigenvalue weighted by molar-refractivity contribution is 7.09. The van der Waals surface area contributed by atoms with Gasteiger partial charge in [0.1, 0.15) is 6.04 Å². The number of carbonyl (C=O) groups is 2. The van der Waals surface area contributed by atoms with E-state index in [0.29, 0.717) is 13.0 Å². The van der Waals surface area contributed by atoms with Gasteiger partial charge in [-0.25, -0.2) is 9.59 Å². The summed E-state index contributed by atoms with van der Waals surface area (Å²) >= 11 is 1.65. The van der Waals surface area contributed by atoms with Crippen LogP contribution in [-0.2, 0) is 11.2 Å². The zero-order chi connectivity index (χ0) is 13.5. The molecule has 1 heterocycles. The number of nitrogens with zero attached hydrogens (tertiary/aromatic N) is 1. The van der Waals surface area contributed by atoms with Gasteiger partial charge >= 0.3 is 12.0 Å². The van der Waals surface area contributed by atoms with Crippen LogP contribution in [0.25, 0.3) is 0 Å². The molecule has 100 valence electrons. The number of rotatable bonds is 6. The Bertz CT molecular complexity index is 392. The molecule has 0 saturated heterocycles. The molecule has 18 heavy (non-hydrogen) atoms. The highest BCUT2D eigenvalue weighted by Gasteiger charge is 2.19. The number of carboxylic acids is 1. The van der Waals surface area contributed by atoms with Gasteiger partial charge in [0.15, 0.2) is 0 Å². The summed E-state index contributed by atoms with van der Waals surface area (Å²) in [6, 6.07) is 2.82. The van der Waals surface area contributed by atoms with Crippen molar-refractivity contribution in [2.24, 2.45) is 0 Å². The lowest BCUT2D eigenvalue weighted by atomic mass is 10.2. The van der Waals surface area contributed by atoms with Gasteiger partial charge in [-0.3, -0.25) is 0 Å². The number of thiophene rings is 1. The van der Waals surface area contributed by atoms with Crippen LogP contribution in [0.3, 0.4) is 0 Å². The molecule has 6 heteroatoms. The fraction of sp³-hybridized carbons (Fsp3) is 0.500. The van der Waals surface area contributed by atoms with Crippen molar-refractivity contribution < 1.29 is 14.7 Å². The molecule has 0 bridgehead atoms. The number of carboxylic acid groups (broad SMARTS) is 1. The van der Waals surface area contributed by atoms with Crippen molar-refractivity contribution in [3.8, 4) is 0 Å². The molecule has 0 aliphatic carbocycles. The minimum atomic E-state index is -1.00. The van der Waals surface area contributed by atoms with Crippen molar-refractivity contribution in [2.75, 3.05) is 13.6 Å². The highest BCUT2D eigenvalue weighted by atomic mass is 32.1. The van der Waals surface area contributed by atoms with Crippen molar-refractivity contribution >= 4 is 23.3 Å². The van der Waals surface area contributed by atoms with E-state index in [1.807, 2.05) is 17.5 Å². The summed E-state index contributed by atoms with van der Waals surface area (Å²) in [5, 5.41) is 13.3. The number of hydrogen-bond acceptors (Lipinski definition) is 3. The van der Waals surface area contributed by atoms with Crippen molar-refractivity contribution in [2.45, 2.75) is 25.8 Å². The maximum Gasteiger partial charge on any atom is 0.326 e. The quantitative estimate of drug-likeness (QED) is 0.828. The van der Waals surface area contributed by atoms with E-state index in [0.717, 1.165) is 6.42 Å². The Morgan fingerprint density at radius 3 is 2.78 bits per heavy atom. The minimum Gasteiger partial charge on any atom is -0.480 e. The molecule has 5 nitrogen and oxygen atoms in total. The summed E-state index contributed by atoms with van der Waals surface area (Å²) < 4.78 is 0. The predicted molar refractivity (Wildman–Crippen MR) is 70.9 cm³/mol.